The van der Waals surface area contributed by atoms with Gasteiger partial charge < -0.3 is 16.0 Å². The van der Waals surface area contributed by atoms with E-state index in [-0.39, 0.29) is 24.0 Å². The van der Waals surface area contributed by atoms with Gasteiger partial charge in [0, 0.05) is 18.1 Å². The second-order valence-corrected chi connectivity index (χ2v) is 5.99. The Hall–Kier alpha value is -2.89. The molecular weight excluding hydrogens is 304 g/mol. The van der Waals surface area contributed by atoms with Gasteiger partial charge in [-0.05, 0) is 42.7 Å². The average Bonchev–Trinajstić information content (AvgIpc) is 2.94. The maximum absolute atomic E-state index is 12.2. The Balaban J connectivity index is 1.60. The number of anilines is 1. The molecule has 0 radical (unpaired) electrons. The molecule has 3 N–H and O–H groups in total. The van der Waals surface area contributed by atoms with Crippen LogP contribution < -0.4 is 16.0 Å². The second-order valence-electron chi connectivity index (χ2n) is 5.99. The molecule has 2 heterocycles. The molecule has 0 saturated heterocycles. The van der Waals surface area contributed by atoms with Crippen LogP contribution in [0.2, 0.25) is 0 Å². The number of rotatable bonds is 4. The third-order valence-corrected chi connectivity index (χ3v) is 4.13. The Kier molecular flexibility index (Phi) is 4.46. The van der Waals surface area contributed by atoms with Crippen molar-refractivity contribution >= 4 is 17.6 Å². The van der Waals surface area contributed by atoms with E-state index in [1.54, 1.807) is 12.4 Å². The molecule has 0 fully saturated rings. The van der Waals surface area contributed by atoms with Crippen molar-refractivity contribution < 1.29 is 9.59 Å². The number of hydrogen-bond donors (Lipinski definition) is 3. The van der Waals surface area contributed by atoms with Crippen molar-refractivity contribution in [3.05, 3.63) is 59.4 Å². The van der Waals surface area contributed by atoms with Crippen LogP contribution in [0.5, 0.6) is 0 Å². The van der Waals surface area contributed by atoms with Crippen LogP contribution in [0.25, 0.3) is 0 Å². The lowest BCUT2D eigenvalue weighted by molar-refractivity contribution is -0.115. The van der Waals surface area contributed by atoms with Gasteiger partial charge in [-0.3, -0.25) is 9.78 Å². The van der Waals surface area contributed by atoms with E-state index >= 15 is 0 Å². The first-order valence-electron chi connectivity index (χ1n) is 7.92. The molecule has 2 atom stereocenters. The van der Waals surface area contributed by atoms with Crippen molar-refractivity contribution in [2.45, 2.75) is 32.4 Å². The number of nitrogens with one attached hydrogen (secondary N) is 3. The number of benzene rings is 1. The zero-order valence-electron chi connectivity index (χ0n) is 13.7. The van der Waals surface area contributed by atoms with Crippen LogP contribution in [0.15, 0.2) is 42.7 Å². The molecule has 0 aliphatic carbocycles. The summed E-state index contributed by atoms with van der Waals surface area (Å²) in [7, 11) is 0. The standard InChI is InChI=1S/C18H20N4O2/c1-11(13-5-6-16-15(8-13)9-17(23)22-16)20-18(24)21-12(2)14-4-3-7-19-10-14/h3-8,10-12H,9H2,1-2H3,(H,22,23)(H2,20,21,24)/t11-,12+/m0/s1. The predicted molar refractivity (Wildman–Crippen MR) is 91.5 cm³/mol. The second kappa shape index (κ2) is 6.70. The largest absolute Gasteiger partial charge is 0.332 e. The molecule has 3 rings (SSSR count). The molecule has 0 saturated carbocycles. The van der Waals surface area contributed by atoms with E-state index in [2.05, 4.69) is 20.9 Å². The van der Waals surface area contributed by atoms with E-state index in [9.17, 15) is 9.59 Å². The number of carbonyl (C=O) groups excluding carboxylic acids is 2. The number of hydrogen-bond acceptors (Lipinski definition) is 3. The lowest BCUT2D eigenvalue weighted by Gasteiger charge is -2.19. The molecule has 124 valence electrons. The summed E-state index contributed by atoms with van der Waals surface area (Å²) in [5.74, 6) is 0.00537. The molecule has 0 bridgehead atoms. The first-order chi connectivity index (χ1) is 11.5. The van der Waals surface area contributed by atoms with Gasteiger partial charge in [0.15, 0.2) is 0 Å². The number of amides is 3. The molecule has 0 unspecified atom stereocenters. The van der Waals surface area contributed by atoms with Crippen LogP contribution in [0.1, 0.15) is 42.6 Å². The van der Waals surface area contributed by atoms with E-state index in [4.69, 9.17) is 0 Å². The van der Waals surface area contributed by atoms with E-state index in [0.717, 1.165) is 22.4 Å². The summed E-state index contributed by atoms with van der Waals surface area (Å²) in [6.07, 6.45) is 3.82. The van der Waals surface area contributed by atoms with Gasteiger partial charge in [-0.1, -0.05) is 18.2 Å². The Morgan fingerprint density at radius 3 is 2.62 bits per heavy atom. The summed E-state index contributed by atoms with van der Waals surface area (Å²) in [5, 5.41) is 8.63. The molecule has 3 amide bonds. The molecular formula is C18H20N4O2. The average molecular weight is 324 g/mol. The zero-order valence-corrected chi connectivity index (χ0v) is 13.7. The molecule has 6 heteroatoms. The Labute approximate surface area is 140 Å². The molecule has 1 aromatic heterocycles. The van der Waals surface area contributed by atoms with Gasteiger partial charge in [0.05, 0.1) is 18.5 Å². The van der Waals surface area contributed by atoms with Crippen LogP contribution >= 0.6 is 0 Å². The lowest BCUT2D eigenvalue weighted by Crippen LogP contribution is -2.38. The minimum Gasteiger partial charge on any atom is -0.332 e. The maximum atomic E-state index is 12.2. The molecule has 6 nitrogen and oxygen atoms in total. The fourth-order valence-corrected chi connectivity index (χ4v) is 2.75. The van der Waals surface area contributed by atoms with E-state index in [1.807, 2.05) is 44.2 Å². The van der Waals surface area contributed by atoms with E-state index < -0.39 is 0 Å². The van der Waals surface area contributed by atoms with Gasteiger partial charge in [-0.15, -0.1) is 0 Å². The van der Waals surface area contributed by atoms with Crippen molar-refractivity contribution in [2.24, 2.45) is 0 Å². The smallest absolute Gasteiger partial charge is 0.315 e. The summed E-state index contributed by atoms with van der Waals surface area (Å²) in [5.41, 5.74) is 3.73. The van der Waals surface area contributed by atoms with Crippen molar-refractivity contribution in [3.8, 4) is 0 Å². The van der Waals surface area contributed by atoms with Crippen molar-refractivity contribution in [1.29, 1.82) is 0 Å². The number of aromatic nitrogens is 1. The third kappa shape index (κ3) is 3.53. The molecule has 1 aliphatic heterocycles. The molecule has 24 heavy (non-hydrogen) atoms. The summed E-state index contributed by atoms with van der Waals surface area (Å²) < 4.78 is 0. The third-order valence-electron chi connectivity index (χ3n) is 4.13. The Morgan fingerprint density at radius 1 is 1.17 bits per heavy atom. The first-order valence-corrected chi connectivity index (χ1v) is 7.92. The predicted octanol–water partition coefficient (Wildman–Crippen LogP) is 2.70. The van der Waals surface area contributed by atoms with Gasteiger partial charge in [-0.25, -0.2) is 4.79 Å². The topological polar surface area (TPSA) is 83.1 Å². The fourth-order valence-electron chi connectivity index (χ4n) is 2.75. The van der Waals surface area contributed by atoms with Crippen LogP contribution in [0, 0.1) is 0 Å². The number of urea groups is 1. The highest BCUT2D eigenvalue weighted by atomic mass is 16.2. The van der Waals surface area contributed by atoms with Crippen LogP contribution in [0.4, 0.5) is 10.5 Å². The van der Waals surface area contributed by atoms with Crippen LogP contribution in [-0.2, 0) is 11.2 Å². The maximum Gasteiger partial charge on any atom is 0.315 e. The van der Waals surface area contributed by atoms with Crippen molar-refractivity contribution in [2.75, 3.05) is 5.32 Å². The fraction of sp³-hybridized carbons (Fsp3) is 0.278. The van der Waals surface area contributed by atoms with Crippen molar-refractivity contribution in [1.82, 2.24) is 15.6 Å². The lowest BCUT2D eigenvalue weighted by atomic mass is 10.0. The van der Waals surface area contributed by atoms with Gasteiger partial charge in [0.25, 0.3) is 0 Å². The molecule has 2 aromatic rings. The Bertz CT molecular complexity index is 761. The SMILES string of the molecule is C[C@H](NC(=O)N[C@H](C)c1cccnc1)c1ccc2c(c1)CC(=O)N2. The van der Waals surface area contributed by atoms with Gasteiger partial charge >= 0.3 is 6.03 Å². The summed E-state index contributed by atoms with van der Waals surface area (Å²) in [6, 6.07) is 8.99. The number of pyridine rings is 1. The van der Waals surface area contributed by atoms with Gasteiger partial charge in [0.1, 0.15) is 0 Å². The van der Waals surface area contributed by atoms with Crippen molar-refractivity contribution in [3.63, 3.8) is 0 Å². The number of fused-ring (bicyclic) bond motifs is 1. The first kappa shape index (κ1) is 16.0. The minimum atomic E-state index is -0.242. The number of carbonyl (C=O) groups is 2. The van der Waals surface area contributed by atoms with E-state index in [1.165, 1.54) is 0 Å². The number of nitrogens with zero attached hydrogens (tertiary/aromatic N) is 1. The normalized spacial score (nSPS) is 15.2. The Morgan fingerprint density at radius 2 is 1.92 bits per heavy atom. The summed E-state index contributed by atoms with van der Waals surface area (Å²) in [6.45, 7) is 3.83. The highest BCUT2D eigenvalue weighted by Gasteiger charge is 2.19. The monoisotopic (exact) mass is 324 g/mol. The molecule has 0 spiro atoms. The highest BCUT2D eigenvalue weighted by molar-refractivity contribution is 5.99. The molecule has 1 aromatic carbocycles. The van der Waals surface area contributed by atoms with Crippen LogP contribution in [0.3, 0.4) is 0 Å². The zero-order chi connectivity index (χ0) is 17.1. The molecule has 1 aliphatic rings. The summed E-state index contributed by atoms with van der Waals surface area (Å²) in [4.78, 5) is 27.7. The minimum absolute atomic E-state index is 0.00537. The highest BCUT2D eigenvalue weighted by Crippen LogP contribution is 2.26. The summed E-state index contributed by atoms with van der Waals surface area (Å²) >= 11 is 0. The van der Waals surface area contributed by atoms with Gasteiger partial charge in [0.2, 0.25) is 5.91 Å². The van der Waals surface area contributed by atoms with Crippen LogP contribution in [-0.4, -0.2) is 16.9 Å². The van der Waals surface area contributed by atoms with Gasteiger partial charge in [-0.2, -0.15) is 0 Å². The quantitative estimate of drug-likeness (QED) is 0.808. The van der Waals surface area contributed by atoms with E-state index in [0.29, 0.717) is 6.42 Å².